The van der Waals surface area contributed by atoms with E-state index in [1.54, 1.807) is 17.0 Å². The van der Waals surface area contributed by atoms with E-state index in [9.17, 15) is 18.0 Å². The van der Waals surface area contributed by atoms with Crippen LogP contribution < -0.4 is 5.32 Å². The normalized spacial score (nSPS) is 17.8. The summed E-state index contributed by atoms with van der Waals surface area (Å²) in [7, 11) is -3.59. The Morgan fingerprint density at radius 2 is 1.59 bits per heavy atom. The summed E-state index contributed by atoms with van der Waals surface area (Å²) in [4.78, 5) is 26.1. The first kappa shape index (κ1) is 23.3. The summed E-state index contributed by atoms with van der Waals surface area (Å²) >= 11 is 0. The molecule has 0 aromatic heterocycles. The lowest BCUT2D eigenvalue weighted by Crippen LogP contribution is -2.56. The molecular weight excluding hydrogens is 390 g/mol. The van der Waals surface area contributed by atoms with Crippen LogP contribution in [0.1, 0.15) is 52.5 Å². The SMILES string of the molecule is CC[C@H](C)c1ccc(S(=O)(=O)N2CCN(C(=O)[C@H](NC(C)=O)C(C)C)CC2)cc1. The number of amides is 2. The molecule has 29 heavy (non-hydrogen) atoms. The third-order valence-corrected chi connectivity index (χ3v) is 7.45. The van der Waals surface area contributed by atoms with Gasteiger partial charge in [-0.3, -0.25) is 9.59 Å². The lowest BCUT2D eigenvalue weighted by molar-refractivity contribution is -0.138. The fourth-order valence-electron chi connectivity index (χ4n) is 3.43. The van der Waals surface area contributed by atoms with Gasteiger partial charge < -0.3 is 10.2 Å². The summed E-state index contributed by atoms with van der Waals surface area (Å²) in [5.74, 6) is -0.0692. The maximum Gasteiger partial charge on any atom is 0.245 e. The van der Waals surface area contributed by atoms with Crippen molar-refractivity contribution in [3.05, 3.63) is 29.8 Å². The Labute approximate surface area is 174 Å². The largest absolute Gasteiger partial charge is 0.344 e. The molecule has 0 aliphatic carbocycles. The summed E-state index contributed by atoms with van der Waals surface area (Å²) in [5, 5.41) is 2.70. The van der Waals surface area contributed by atoms with Gasteiger partial charge in [0.2, 0.25) is 21.8 Å². The first-order valence-corrected chi connectivity index (χ1v) is 11.7. The number of carbonyl (C=O) groups is 2. The minimum atomic E-state index is -3.59. The lowest BCUT2D eigenvalue weighted by Gasteiger charge is -2.36. The molecule has 1 saturated heterocycles. The Balaban J connectivity index is 2.05. The number of nitrogens with one attached hydrogen (secondary N) is 1. The van der Waals surface area contributed by atoms with Crippen LogP contribution in [0, 0.1) is 5.92 Å². The van der Waals surface area contributed by atoms with Crippen molar-refractivity contribution in [3.63, 3.8) is 0 Å². The van der Waals surface area contributed by atoms with Gasteiger partial charge in [-0.1, -0.05) is 39.8 Å². The third-order valence-electron chi connectivity index (χ3n) is 5.54. The van der Waals surface area contributed by atoms with Gasteiger partial charge in [-0.15, -0.1) is 0 Å². The van der Waals surface area contributed by atoms with E-state index in [-0.39, 0.29) is 35.7 Å². The topological polar surface area (TPSA) is 86.8 Å². The molecule has 2 rings (SSSR count). The molecule has 0 unspecified atom stereocenters. The maximum absolute atomic E-state index is 13.0. The lowest BCUT2D eigenvalue weighted by atomic mass is 9.99. The van der Waals surface area contributed by atoms with Gasteiger partial charge in [0.15, 0.2) is 0 Å². The molecule has 7 nitrogen and oxygen atoms in total. The van der Waals surface area contributed by atoms with Crippen molar-refractivity contribution in [2.45, 2.75) is 57.9 Å². The molecular formula is C21H33N3O4S. The Morgan fingerprint density at radius 3 is 2.03 bits per heavy atom. The second-order valence-corrected chi connectivity index (χ2v) is 9.97. The smallest absolute Gasteiger partial charge is 0.245 e. The van der Waals surface area contributed by atoms with Crippen LogP contribution in [0.2, 0.25) is 0 Å². The summed E-state index contributed by atoms with van der Waals surface area (Å²) < 4.78 is 27.4. The molecule has 0 bridgehead atoms. The van der Waals surface area contributed by atoms with Crippen molar-refractivity contribution in [3.8, 4) is 0 Å². The zero-order chi connectivity index (χ0) is 21.8. The zero-order valence-electron chi connectivity index (χ0n) is 18.0. The van der Waals surface area contributed by atoms with Crippen molar-refractivity contribution in [2.75, 3.05) is 26.2 Å². The van der Waals surface area contributed by atoms with Crippen LogP contribution in [-0.2, 0) is 19.6 Å². The molecule has 1 aliphatic rings. The van der Waals surface area contributed by atoms with E-state index in [1.807, 2.05) is 26.0 Å². The predicted octanol–water partition coefficient (Wildman–Crippen LogP) is 2.19. The number of hydrogen-bond donors (Lipinski definition) is 1. The number of carbonyl (C=O) groups excluding carboxylic acids is 2. The van der Waals surface area contributed by atoms with Crippen LogP contribution in [0.4, 0.5) is 0 Å². The van der Waals surface area contributed by atoms with Crippen LogP contribution in [0.25, 0.3) is 0 Å². The van der Waals surface area contributed by atoms with Crippen LogP contribution in [-0.4, -0.2) is 61.7 Å². The molecule has 1 aromatic rings. The van der Waals surface area contributed by atoms with E-state index in [2.05, 4.69) is 19.2 Å². The summed E-state index contributed by atoms with van der Waals surface area (Å²) in [6.07, 6.45) is 0.998. The Hall–Kier alpha value is -1.93. The maximum atomic E-state index is 13.0. The van der Waals surface area contributed by atoms with Crippen LogP contribution in [0.5, 0.6) is 0 Å². The molecule has 0 radical (unpaired) electrons. The number of rotatable bonds is 7. The van der Waals surface area contributed by atoms with E-state index < -0.39 is 16.1 Å². The third kappa shape index (κ3) is 5.57. The Kier molecular flexibility index (Phi) is 7.82. The van der Waals surface area contributed by atoms with E-state index in [0.717, 1.165) is 12.0 Å². The average Bonchev–Trinajstić information content (AvgIpc) is 2.70. The van der Waals surface area contributed by atoms with Crippen molar-refractivity contribution < 1.29 is 18.0 Å². The highest BCUT2D eigenvalue weighted by molar-refractivity contribution is 7.89. The van der Waals surface area contributed by atoms with Gasteiger partial charge in [-0.2, -0.15) is 4.31 Å². The highest BCUT2D eigenvalue weighted by Gasteiger charge is 2.33. The molecule has 1 N–H and O–H groups in total. The average molecular weight is 424 g/mol. The molecule has 1 fully saturated rings. The molecule has 162 valence electrons. The van der Waals surface area contributed by atoms with Gasteiger partial charge in [0, 0.05) is 33.1 Å². The number of sulfonamides is 1. The van der Waals surface area contributed by atoms with Gasteiger partial charge >= 0.3 is 0 Å². The van der Waals surface area contributed by atoms with Crippen LogP contribution in [0.3, 0.4) is 0 Å². The molecule has 2 amide bonds. The highest BCUT2D eigenvalue weighted by Crippen LogP contribution is 2.23. The molecule has 1 heterocycles. The second-order valence-electron chi connectivity index (χ2n) is 8.03. The summed E-state index contributed by atoms with van der Waals surface area (Å²) in [5.41, 5.74) is 1.12. The summed E-state index contributed by atoms with van der Waals surface area (Å²) in [6, 6.07) is 6.49. The quantitative estimate of drug-likeness (QED) is 0.728. The van der Waals surface area contributed by atoms with Crippen LogP contribution in [0.15, 0.2) is 29.2 Å². The number of benzene rings is 1. The van der Waals surface area contributed by atoms with Gasteiger partial charge in [0.25, 0.3) is 0 Å². The highest BCUT2D eigenvalue weighted by atomic mass is 32.2. The van der Waals surface area contributed by atoms with Crippen molar-refractivity contribution in [2.24, 2.45) is 5.92 Å². The van der Waals surface area contributed by atoms with Gasteiger partial charge in [-0.05, 0) is 36.0 Å². The fraction of sp³-hybridized carbons (Fsp3) is 0.619. The number of piperazine rings is 1. The molecule has 2 atom stereocenters. The van der Waals surface area contributed by atoms with Gasteiger partial charge in [0.05, 0.1) is 4.90 Å². The molecule has 8 heteroatoms. The fourth-order valence-corrected chi connectivity index (χ4v) is 4.85. The Morgan fingerprint density at radius 1 is 1.03 bits per heavy atom. The van der Waals surface area contributed by atoms with E-state index in [1.165, 1.54) is 11.2 Å². The minimum Gasteiger partial charge on any atom is -0.344 e. The summed E-state index contributed by atoms with van der Waals surface area (Å²) in [6.45, 7) is 10.5. The first-order chi connectivity index (χ1) is 13.6. The monoisotopic (exact) mass is 423 g/mol. The molecule has 1 aromatic carbocycles. The first-order valence-electron chi connectivity index (χ1n) is 10.2. The van der Waals surface area contributed by atoms with Gasteiger partial charge in [0.1, 0.15) is 6.04 Å². The number of hydrogen-bond acceptors (Lipinski definition) is 4. The number of nitrogens with zero attached hydrogens (tertiary/aromatic N) is 2. The standard InChI is InChI=1S/C21H33N3O4S/c1-6-16(4)18-7-9-19(10-8-18)29(27,28)24-13-11-23(12-14-24)21(26)20(15(2)3)22-17(5)25/h7-10,15-16,20H,6,11-14H2,1-5H3,(H,22,25)/t16-,20+/m0/s1. The molecule has 0 spiro atoms. The molecule has 1 aliphatic heterocycles. The zero-order valence-corrected chi connectivity index (χ0v) is 18.8. The second kappa shape index (κ2) is 9.71. The van der Waals surface area contributed by atoms with Crippen molar-refractivity contribution >= 4 is 21.8 Å². The van der Waals surface area contributed by atoms with Gasteiger partial charge in [-0.25, -0.2) is 8.42 Å². The van der Waals surface area contributed by atoms with Crippen molar-refractivity contribution in [1.29, 1.82) is 0 Å². The predicted molar refractivity (Wildman–Crippen MR) is 113 cm³/mol. The Bertz CT molecular complexity index is 813. The van der Waals surface area contributed by atoms with E-state index in [0.29, 0.717) is 19.0 Å². The van der Waals surface area contributed by atoms with E-state index >= 15 is 0 Å². The van der Waals surface area contributed by atoms with E-state index in [4.69, 9.17) is 0 Å². The van der Waals surface area contributed by atoms with Crippen molar-refractivity contribution in [1.82, 2.24) is 14.5 Å². The molecule has 0 saturated carbocycles. The minimum absolute atomic E-state index is 0.0443. The van der Waals surface area contributed by atoms with Crippen LogP contribution >= 0.6 is 0 Å².